The van der Waals surface area contributed by atoms with Crippen LogP contribution in [-0.4, -0.2) is 14.9 Å². The maximum absolute atomic E-state index is 10.4. The minimum atomic E-state index is -0.498. The van der Waals surface area contributed by atoms with Crippen molar-refractivity contribution in [2.75, 3.05) is 0 Å². The first kappa shape index (κ1) is 13.8. The van der Waals surface area contributed by atoms with Gasteiger partial charge in [-0.25, -0.2) is 0 Å². The minimum Gasteiger partial charge on any atom is -0.386 e. The first-order valence-corrected chi connectivity index (χ1v) is 6.79. The summed E-state index contributed by atoms with van der Waals surface area (Å²) >= 11 is 0. The highest BCUT2D eigenvalue weighted by Gasteiger charge is 2.15. The monoisotopic (exact) mass is 258 g/mol. The van der Waals surface area contributed by atoms with Gasteiger partial charge in [-0.15, -0.1) is 0 Å². The van der Waals surface area contributed by atoms with Crippen LogP contribution in [0, 0.1) is 20.8 Å². The quantitative estimate of drug-likeness (QED) is 0.915. The van der Waals surface area contributed by atoms with Gasteiger partial charge in [-0.05, 0) is 50.5 Å². The first-order valence-electron chi connectivity index (χ1n) is 6.79. The lowest BCUT2D eigenvalue weighted by molar-refractivity contribution is 0.166. The molecule has 1 unspecified atom stereocenters. The van der Waals surface area contributed by atoms with E-state index in [9.17, 15) is 5.11 Å². The van der Waals surface area contributed by atoms with E-state index in [-0.39, 0.29) is 0 Å². The zero-order valence-electron chi connectivity index (χ0n) is 12.1. The normalized spacial score (nSPS) is 12.7. The second kappa shape index (κ2) is 5.57. The molecule has 0 spiro atoms. The van der Waals surface area contributed by atoms with Crippen molar-refractivity contribution in [2.24, 2.45) is 0 Å². The highest BCUT2D eigenvalue weighted by molar-refractivity contribution is 5.38. The molecule has 2 rings (SSSR count). The smallest absolute Gasteiger partial charge is 0.0997 e. The number of nitrogens with zero attached hydrogens (tertiary/aromatic N) is 2. The van der Waals surface area contributed by atoms with Gasteiger partial charge in [-0.3, -0.25) is 4.68 Å². The summed E-state index contributed by atoms with van der Waals surface area (Å²) in [7, 11) is 0. The number of aliphatic hydroxyl groups is 1. The Morgan fingerprint density at radius 1 is 1.21 bits per heavy atom. The third-order valence-electron chi connectivity index (χ3n) is 3.63. The van der Waals surface area contributed by atoms with Crippen molar-refractivity contribution >= 4 is 0 Å². The number of aliphatic hydroxyl groups excluding tert-OH is 1. The molecule has 0 aliphatic rings. The Kier molecular flexibility index (Phi) is 4.05. The number of hydrogen-bond donors (Lipinski definition) is 1. The van der Waals surface area contributed by atoms with Crippen molar-refractivity contribution in [1.29, 1.82) is 0 Å². The van der Waals surface area contributed by atoms with Crippen LogP contribution in [0.2, 0.25) is 0 Å². The highest BCUT2D eigenvalue weighted by atomic mass is 16.3. The van der Waals surface area contributed by atoms with Crippen molar-refractivity contribution in [3.8, 4) is 0 Å². The zero-order valence-corrected chi connectivity index (χ0v) is 12.1. The van der Waals surface area contributed by atoms with E-state index >= 15 is 0 Å². The van der Waals surface area contributed by atoms with Gasteiger partial charge in [0.2, 0.25) is 0 Å². The van der Waals surface area contributed by atoms with Crippen LogP contribution in [0.1, 0.15) is 41.0 Å². The molecule has 0 saturated carbocycles. The number of aromatic nitrogens is 2. The van der Waals surface area contributed by atoms with Crippen LogP contribution in [0.4, 0.5) is 0 Å². The summed E-state index contributed by atoms with van der Waals surface area (Å²) in [5, 5.41) is 14.6. The predicted octanol–water partition coefficient (Wildman–Crippen LogP) is 3.10. The maximum Gasteiger partial charge on any atom is 0.0997 e. The summed E-state index contributed by atoms with van der Waals surface area (Å²) in [6.07, 6.45) is 1.89. The number of aryl methyl sites for hydroxylation is 4. The van der Waals surface area contributed by atoms with Crippen molar-refractivity contribution in [1.82, 2.24) is 9.78 Å². The molecular formula is C16H22N2O. The molecule has 19 heavy (non-hydrogen) atoms. The molecule has 0 fully saturated rings. The highest BCUT2D eigenvalue weighted by Crippen LogP contribution is 2.24. The third-order valence-corrected chi connectivity index (χ3v) is 3.63. The molecule has 3 heteroatoms. The fraction of sp³-hybridized carbons (Fsp3) is 0.438. The number of rotatable bonds is 4. The summed E-state index contributed by atoms with van der Waals surface area (Å²) in [6, 6.07) is 6.24. The van der Waals surface area contributed by atoms with Gasteiger partial charge in [0, 0.05) is 19.2 Å². The second-order valence-corrected chi connectivity index (χ2v) is 5.17. The molecule has 1 N–H and O–H groups in total. The van der Waals surface area contributed by atoms with Gasteiger partial charge >= 0.3 is 0 Å². The van der Waals surface area contributed by atoms with Crippen molar-refractivity contribution in [3.63, 3.8) is 0 Å². The van der Waals surface area contributed by atoms with Crippen LogP contribution in [-0.2, 0) is 13.0 Å². The molecule has 1 aromatic carbocycles. The van der Waals surface area contributed by atoms with Crippen LogP contribution in [0.5, 0.6) is 0 Å². The Morgan fingerprint density at radius 2 is 1.84 bits per heavy atom. The van der Waals surface area contributed by atoms with E-state index in [1.807, 2.05) is 17.7 Å². The second-order valence-electron chi connectivity index (χ2n) is 5.17. The van der Waals surface area contributed by atoms with Crippen LogP contribution in [0.3, 0.4) is 0 Å². The molecule has 0 amide bonds. The van der Waals surface area contributed by atoms with Crippen LogP contribution in [0.25, 0.3) is 0 Å². The van der Waals surface area contributed by atoms with E-state index in [4.69, 9.17) is 0 Å². The van der Waals surface area contributed by atoms with Crippen LogP contribution >= 0.6 is 0 Å². The number of hydrogen-bond acceptors (Lipinski definition) is 2. The van der Waals surface area contributed by atoms with E-state index < -0.39 is 6.10 Å². The van der Waals surface area contributed by atoms with Gasteiger partial charge in [0.05, 0.1) is 11.8 Å². The fourth-order valence-electron chi connectivity index (χ4n) is 2.72. The SMILES string of the molecule is CCn1nccc1C(O)Cc1c(C)cc(C)cc1C. The lowest BCUT2D eigenvalue weighted by Crippen LogP contribution is -2.11. The molecule has 1 atom stereocenters. The predicted molar refractivity (Wildman–Crippen MR) is 77.2 cm³/mol. The fourth-order valence-corrected chi connectivity index (χ4v) is 2.72. The van der Waals surface area contributed by atoms with Gasteiger partial charge < -0.3 is 5.11 Å². The van der Waals surface area contributed by atoms with Gasteiger partial charge in [0.15, 0.2) is 0 Å². The summed E-state index contributed by atoms with van der Waals surface area (Å²) in [5.41, 5.74) is 5.90. The Hall–Kier alpha value is -1.61. The van der Waals surface area contributed by atoms with Crippen LogP contribution < -0.4 is 0 Å². The van der Waals surface area contributed by atoms with Crippen molar-refractivity contribution < 1.29 is 5.11 Å². The van der Waals surface area contributed by atoms with Gasteiger partial charge in [0.1, 0.15) is 0 Å². The third kappa shape index (κ3) is 2.87. The summed E-state index contributed by atoms with van der Waals surface area (Å²) < 4.78 is 1.85. The molecule has 102 valence electrons. The molecule has 1 heterocycles. The van der Waals surface area contributed by atoms with Gasteiger partial charge in [0.25, 0.3) is 0 Å². The van der Waals surface area contributed by atoms with E-state index in [0.29, 0.717) is 6.42 Å². The van der Waals surface area contributed by atoms with Gasteiger partial charge in [-0.1, -0.05) is 17.7 Å². The summed E-state index contributed by atoms with van der Waals surface area (Å²) in [5.74, 6) is 0. The Morgan fingerprint density at radius 3 is 2.42 bits per heavy atom. The molecule has 0 radical (unpaired) electrons. The van der Waals surface area contributed by atoms with E-state index in [1.54, 1.807) is 6.20 Å². The average molecular weight is 258 g/mol. The molecular weight excluding hydrogens is 236 g/mol. The van der Waals surface area contributed by atoms with Gasteiger partial charge in [-0.2, -0.15) is 5.10 Å². The van der Waals surface area contributed by atoms with E-state index in [2.05, 4.69) is 38.0 Å². The maximum atomic E-state index is 10.4. The standard InChI is InChI=1S/C16H22N2O/c1-5-18-15(6-7-17-18)16(19)10-14-12(3)8-11(2)9-13(14)4/h6-9,16,19H,5,10H2,1-4H3. The largest absolute Gasteiger partial charge is 0.386 e. The first-order chi connectivity index (χ1) is 9.02. The topological polar surface area (TPSA) is 38.0 Å². The molecule has 0 saturated heterocycles. The lowest BCUT2D eigenvalue weighted by Gasteiger charge is -2.16. The molecule has 2 aromatic rings. The van der Waals surface area contributed by atoms with E-state index in [0.717, 1.165) is 12.2 Å². The minimum absolute atomic E-state index is 0.498. The van der Waals surface area contributed by atoms with Crippen LogP contribution in [0.15, 0.2) is 24.4 Å². The molecule has 3 nitrogen and oxygen atoms in total. The Balaban J connectivity index is 2.27. The van der Waals surface area contributed by atoms with Crippen molar-refractivity contribution in [3.05, 3.63) is 52.3 Å². The average Bonchev–Trinajstić information content (AvgIpc) is 2.81. The molecule has 1 aromatic heterocycles. The Labute approximate surface area is 114 Å². The van der Waals surface area contributed by atoms with E-state index in [1.165, 1.54) is 22.3 Å². The summed E-state index contributed by atoms with van der Waals surface area (Å²) in [6.45, 7) is 9.14. The molecule has 0 aliphatic carbocycles. The Bertz CT molecular complexity index is 549. The number of benzene rings is 1. The lowest BCUT2D eigenvalue weighted by atomic mass is 9.94. The molecule has 0 aliphatic heterocycles. The summed E-state index contributed by atoms with van der Waals surface area (Å²) in [4.78, 5) is 0. The molecule has 0 bridgehead atoms. The van der Waals surface area contributed by atoms with Crippen molar-refractivity contribution in [2.45, 2.75) is 46.8 Å². The zero-order chi connectivity index (χ0) is 14.0.